The van der Waals surface area contributed by atoms with Gasteiger partial charge in [-0.05, 0) is 85.8 Å². The van der Waals surface area contributed by atoms with Gasteiger partial charge in [0, 0.05) is 11.8 Å². The summed E-state index contributed by atoms with van der Waals surface area (Å²) in [7, 11) is 0. The van der Waals surface area contributed by atoms with Crippen LogP contribution in [0.2, 0.25) is 0 Å². The molecule has 1 spiro atoms. The molecular weight excluding hydrogens is 410 g/mol. The van der Waals surface area contributed by atoms with Gasteiger partial charge in [-0.3, -0.25) is 9.59 Å². The lowest BCUT2D eigenvalue weighted by atomic mass is 9.38. The van der Waals surface area contributed by atoms with Gasteiger partial charge >= 0.3 is 5.97 Å². The van der Waals surface area contributed by atoms with Crippen molar-refractivity contribution in [1.82, 2.24) is 0 Å². The van der Waals surface area contributed by atoms with Gasteiger partial charge in [0.1, 0.15) is 17.0 Å². The van der Waals surface area contributed by atoms with Crippen LogP contribution in [0.15, 0.2) is 24.3 Å². The molecule has 0 heterocycles. The fraction of sp³-hybridized carbons (Fsp3) is 0.560. The molecule has 2 unspecified atom stereocenters. The van der Waals surface area contributed by atoms with Crippen LogP contribution in [-0.2, 0) is 9.59 Å². The topological polar surface area (TPSA) is 124 Å². The standard InChI is InChI=1S/C25H29NO6/c1-24(6-5-19(29)26-20-17(27)3-2-16(21(20)30)23(31)32)18(28)4-7-25-11-13-8-14(12-25)10-15(9-13)22(24)25/h2-4,7,13-15,22,27,30H,5-6,8-12H2,1H3,(H,26,29)(H,31,32)/t13?,14?,15?,22-,24+,25?/m1/s1. The van der Waals surface area contributed by atoms with Gasteiger partial charge in [-0.25, -0.2) is 4.79 Å². The Labute approximate surface area is 186 Å². The molecule has 1 amide bonds. The van der Waals surface area contributed by atoms with Crippen molar-refractivity contribution < 1.29 is 29.7 Å². The number of ketones is 1. The van der Waals surface area contributed by atoms with Crippen LogP contribution in [0.4, 0.5) is 5.69 Å². The number of carboxylic acids is 1. The second-order valence-electron chi connectivity index (χ2n) is 10.6. The molecule has 0 aromatic heterocycles. The maximum absolute atomic E-state index is 13.1. The number of anilines is 1. The molecule has 6 rings (SSSR count). The molecule has 4 N–H and O–H groups in total. The number of benzene rings is 1. The van der Waals surface area contributed by atoms with Gasteiger partial charge in [-0.2, -0.15) is 0 Å². The Morgan fingerprint density at radius 1 is 1.12 bits per heavy atom. The van der Waals surface area contributed by atoms with E-state index in [0.717, 1.165) is 36.8 Å². The van der Waals surface area contributed by atoms with Gasteiger partial charge in [0.25, 0.3) is 0 Å². The number of phenolic OH excluding ortho intramolecular Hbond substituents is 1. The minimum Gasteiger partial charge on any atom is -0.506 e. The molecule has 0 aliphatic heterocycles. The largest absolute Gasteiger partial charge is 0.506 e. The average Bonchev–Trinajstić information content (AvgIpc) is 2.71. The average molecular weight is 440 g/mol. The zero-order valence-corrected chi connectivity index (χ0v) is 18.1. The second kappa shape index (κ2) is 7.09. The number of hydrogen-bond donors (Lipinski definition) is 4. The number of carboxylic acid groups (broad SMARTS) is 1. The molecule has 4 bridgehead atoms. The third kappa shape index (κ3) is 3.05. The Kier molecular flexibility index (Phi) is 4.66. The van der Waals surface area contributed by atoms with Crippen molar-refractivity contribution in [2.24, 2.45) is 34.5 Å². The first-order valence-corrected chi connectivity index (χ1v) is 11.4. The molecule has 7 heteroatoms. The van der Waals surface area contributed by atoms with E-state index in [4.69, 9.17) is 5.11 Å². The quantitative estimate of drug-likeness (QED) is 0.512. The third-order valence-electron chi connectivity index (χ3n) is 8.71. The summed E-state index contributed by atoms with van der Waals surface area (Å²) in [6, 6.07) is 2.19. The summed E-state index contributed by atoms with van der Waals surface area (Å²) in [5, 5.41) is 31.8. The first-order valence-electron chi connectivity index (χ1n) is 11.4. The number of phenols is 2. The predicted molar refractivity (Wildman–Crippen MR) is 116 cm³/mol. The Balaban J connectivity index is 1.35. The highest BCUT2D eigenvalue weighted by molar-refractivity contribution is 6.00. The molecule has 32 heavy (non-hydrogen) atoms. The van der Waals surface area contributed by atoms with E-state index < -0.39 is 34.4 Å². The molecule has 0 saturated heterocycles. The van der Waals surface area contributed by atoms with Crippen LogP contribution in [0.5, 0.6) is 11.5 Å². The number of aromatic carboxylic acids is 1. The molecule has 7 nitrogen and oxygen atoms in total. The van der Waals surface area contributed by atoms with Crippen LogP contribution in [-0.4, -0.2) is 33.0 Å². The van der Waals surface area contributed by atoms with E-state index in [2.05, 4.69) is 11.4 Å². The highest BCUT2D eigenvalue weighted by atomic mass is 16.4. The Morgan fingerprint density at radius 2 is 1.81 bits per heavy atom. The first kappa shape index (κ1) is 21.0. The van der Waals surface area contributed by atoms with Gasteiger partial charge < -0.3 is 20.6 Å². The van der Waals surface area contributed by atoms with Crippen LogP contribution in [0.25, 0.3) is 0 Å². The lowest BCUT2D eigenvalue weighted by Gasteiger charge is -2.65. The van der Waals surface area contributed by atoms with Gasteiger partial charge in [-0.1, -0.05) is 13.0 Å². The van der Waals surface area contributed by atoms with Crippen molar-refractivity contribution in [2.75, 3.05) is 5.32 Å². The molecule has 5 aliphatic rings. The molecule has 1 aromatic carbocycles. The molecular formula is C25H29NO6. The van der Waals surface area contributed by atoms with Crippen LogP contribution < -0.4 is 5.32 Å². The van der Waals surface area contributed by atoms with E-state index >= 15 is 0 Å². The molecule has 4 saturated carbocycles. The van der Waals surface area contributed by atoms with Crippen molar-refractivity contribution in [1.29, 1.82) is 0 Å². The van der Waals surface area contributed by atoms with Crippen molar-refractivity contribution in [2.45, 2.75) is 51.9 Å². The molecule has 0 radical (unpaired) electrons. The molecule has 1 aromatic rings. The van der Waals surface area contributed by atoms with Crippen molar-refractivity contribution in [3.63, 3.8) is 0 Å². The summed E-state index contributed by atoms with van der Waals surface area (Å²) in [6.45, 7) is 2.00. The monoisotopic (exact) mass is 439 g/mol. The van der Waals surface area contributed by atoms with Crippen LogP contribution in [0.3, 0.4) is 0 Å². The minimum atomic E-state index is -1.36. The third-order valence-corrected chi connectivity index (χ3v) is 8.71. The maximum Gasteiger partial charge on any atom is 0.339 e. The number of carbonyl (C=O) groups excluding carboxylic acids is 2. The van der Waals surface area contributed by atoms with Crippen molar-refractivity contribution in [3.8, 4) is 11.5 Å². The van der Waals surface area contributed by atoms with Gasteiger partial charge in [0.05, 0.1) is 0 Å². The van der Waals surface area contributed by atoms with E-state index in [1.165, 1.54) is 19.3 Å². The van der Waals surface area contributed by atoms with Crippen LogP contribution >= 0.6 is 0 Å². The predicted octanol–water partition coefficient (Wildman–Crippen LogP) is 4.10. The number of aromatic hydroxyl groups is 2. The van der Waals surface area contributed by atoms with Crippen LogP contribution in [0, 0.1) is 34.5 Å². The maximum atomic E-state index is 13.1. The minimum absolute atomic E-state index is 0.0401. The van der Waals surface area contributed by atoms with E-state index in [0.29, 0.717) is 12.3 Å². The Hall–Kier alpha value is -2.83. The number of carbonyl (C=O) groups is 3. The lowest BCUT2D eigenvalue weighted by molar-refractivity contribution is -0.160. The Morgan fingerprint density at radius 3 is 2.47 bits per heavy atom. The number of allylic oxidation sites excluding steroid dienone is 2. The molecule has 170 valence electrons. The SMILES string of the molecule is C[C@]1(CCC(=O)Nc2c(O)ccc(C(=O)O)c2O)C(=O)C=CC23CC4CC(CC(C4)[C@@H]21)C3. The normalized spacial score (nSPS) is 36.7. The van der Waals surface area contributed by atoms with Crippen molar-refractivity contribution in [3.05, 3.63) is 29.8 Å². The summed E-state index contributed by atoms with van der Waals surface area (Å²) in [5.41, 5.74) is -1.29. The molecule has 5 aliphatic carbocycles. The summed E-state index contributed by atoms with van der Waals surface area (Å²) >= 11 is 0. The number of nitrogens with one attached hydrogen (secondary N) is 1. The number of rotatable bonds is 5. The summed E-state index contributed by atoms with van der Waals surface area (Å²) in [6.07, 6.45) is 10.3. The van der Waals surface area contributed by atoms with Gasteiger partial charge in [0.2, 0.25) is 5.91 Å². The zero-order valence-electron chi connectivity index (χ0n) is 18.1. The fourth-order valence-electron chi connectivity index (χ4n) is 7.81. The number of hydrogen-bond acceptors (Lipinski definition) is 5. The van der Waals surface area contributed by atoms with E-state index in [1.807, 2.05) is 6.92 Å². The summed E-state index contributed by atoms with van der Waals surface area (Å²) in [5.74, 6) is -0.599. The molecule has 4 fully saturated rings. The van der Waals surface area contributed by atoms with Crippen molar-refractivity contribution >= 4 is 23.3 Å². The summed E-state index contributed by atoms with van der Waals surface area (Å²) in [4.78, 5) is 37.1. The zero-order chi connectivity index (χ0) is 22.8. The molecule has 4 atom stereocenters. The highest BCUT2D eigenvalue weighted by Crippen LogP contribution is 2.69. The smallest absolute Gasteiger partial charge is 0.339 e. The van der Waals surface area contributed by atoms with Gasteiger partial charge in [0.15, 0.2) is 11.5 Å². The highest BCUT2D eigenvalue weighted by Gasteiger charge is 2.63. The fourth-order valence-corrected chi connectivity index (χ4v) is 7.81. The van der Waals surface area contributed by atoms with E-state index in [-0.39, 0.29) is 29.2 Å². The van der Waals surface area contributed by atoms with E-state index in [9.17, 15) is 24.6 Å². The summed E-state index contributed by atoms with van der Waals surface area (Å²) < 4.78 is 0. The lowest BCUT2D eigenvalue weighted by Crippen LogP contribution is -2.60. The Bertz CT molecular complexity index is 1030. The van der Waals surface area contributed by atoms with Crippen LogP contribution in [0.1, 0.15) is 62.2 Å². The second-order valence-corrected chi connectivity index (χ2v) is 10.6. The van der Waals surface area contributed by atoms with Gasteiger partial charge in [-0.15, -0.1) is 0 Å². The van der Waals surface area contributed by atoms with E-state index in [1.54, 1.807) is 6.08 Å². The first-order chi connectivity index (χ1) is 15.1. The number of amides is 1.